The molecule has 2 unspecified atom stereocenters. The van der Waals surface area contributed by atoms with E-state index in [-0.39, 0.29) is 18.0 Å². The molecule has 4 heteroatoms. The van der Waals surface area contributed by atoms with Gasteiger partial charge in [0.2, 0.25) is 0 Å². The first-order valence-electron chi connectivity index (χ1n) is 5.68. The van der Waals surface area contributed by atoms with E-state index in [1.165, 1.54) is 0 Å². The third-order valence-electron chi connectivity index (χ3n) is 3.12. The number of rotatable bonds is 1. The number of piperazine rings is 1. The van der Waals surface area contributed by atoms with Crippen molar-refractivity contribution in [1.82, 2.24) is 10.2 Å². The van der Waals surface area contributed by atoms with Crippen molar-refractivity contribution < 1.29 is 9.21 Å². The van der Waals surface area contributed by atoms with Crippen LogP contribution in [0, 0.1) is 6.92 Å². The zero-order valence-electron chi connectivity index (χ0n) is 9.99. The first-order chi connectivity index (χ1) is 7.61. The first-order valence-corrected chi connectivity index (χ1v) is 5.68. The van der Waals surface area contributed by atoms with Crippen LogP contribution in [0.2, 0.25) is 0 Å². The van der Waals surface area contributed by atoms with Crippen LogP contribution in [0.1, 0.15) is 30.0 Å². The maximum absolute atomic E-state index is 12.3. The van der Waals surface area contributed by atoms with Gasteiger partial charge >= 0.3 is 0 Å². The van der Waals surface area contributed by atoms with Crippen LogP contribution in [0.4, 0.5) is 0 Å². The fourth-order valence-corrected chi connectivity index (χ4v) is 2.24. The molecule has 2 rings (SSSR count). The molecule has 1 aliphatic heterocycles. The van der Waals surface area contributed by atoms with E-state index < -0.39 is 0 Å². The molecule has 2 atom stereocenters. The highest BCUT2D eigenvalue weighted by Gasteiger charge is 2.31. The van der Waals surface area contributed by atoms with Crippen molar-refractivity contribution in [2.75, 3.05) is 13.1 Å². The largest absolute Gasteiger partial charge is 0.459 e. The van der Waals surface area contributed by atoms with Crippen molar-refractivity contribution in [3.8, 4) is 0 Å². The Labute approximate surface area is 95.6 Å². The number of nitrogens with zero attached hydrogens (tertiary/aromatic N) is 1. The van der Waals surface area contributed by atoms with E-state index >= 15 is 0 Å². The zero-order valence-corrected chi connectivity index (χ0v) is 9.99. The molecule has 0 aromatic carbocycles. The molecular weight excluding hydrogens is 204 g/mol. The van der Waals surface area contributed by atoms with Crippen molar-refractivity contribution >= 4 is 5.91 Å². The number of aryl methyl sites for hydroxylation is 1. The van der Waals surface area contributed by atoms with E-state index in [4.69, 9.17) is 4.42 Å². The standard InChI is InChI=1S/C12H18N2O2/c1-8-4-5-16-11(8)12(15)14-9(2)6-13-7-10(14)3/h4-5,9-10,13H,6-7H2,1-3H3. The number of carbonyl (C=O) groups is 1. The van der Waals surface area contributed by atoms with Crippen LogP contribution < -0.4 is 5.32 Å². The molecule has 0 aliphatic carbocycles. The lowest BCUT2D eigenvalue weighted by molar-refractivity contribution is 0.0511. The summed E-state index contributed by atoms with van der Waals surface area (Å²) in [6.07, 6.45) is 1.57. The Kier molecular flexibility index (Phi) is 3.01. The summed E-state index contributed by atoms with van der Waals surface area (Å²) in [6, 6.07) is 2.24. The van der Waals surface area contributed by atoms with Gasteiger partial charge in [-0.2, -0.15) is 0 Å². The maximum Gasteiger partial charge on any atom is 0.290 e. The van der Waals surface area contributed by atoms with Crippen molar-refractivity contribution in [2.45, 2.75) is 32.9 Å². The summed E-state index contributed by atoms with van der Waals surface area (Å²) in [4.78, 5) is 14.2. The predicted octanol–water partition coefficient (Wildman–Crippen LogP) is 1.41. The maximum atomic E-state index is 12.3. The summed E-state index contributed by atoms with van der Waals surface area (Å²) in [7, 11) is 0. The van der Waals surface area contributed by atoms with Gasteiger partial charge in [-0.3, -0.25) is 4.79 Å². The van der Waals surface area contributed by atoms with Crippen LogP contribution in [0.5, 0.6) is 0 Å². The Balaban J connectivity index is 2.23. The van der Waals surface area contributed by atoms with Crippen LogP contribution in [0.25, 0.3) is 0 Å². The average molecular weight is 222 g/mol. The fourth-order valence-electron chi connectivity index (χ4n) is 2.24. The van der Waals surface area contributed by atoms with Crippen LogP contribution in [-0.4, -0.2) is 36.0 Å². The molecule has 1 fully saturated rings. The lowest BCUT2D eigenvalue weighted by atomic mass is 10.1. The molecule has 1 aromatic rings. The second kappa shape index (κ2) is 4.29. The van der Waals surface area contributed by atoms with Crippen molar-refractivity contribution in [3.63, 3.8) is 0 Å². The molecule has 2 heterocycles. The molecule has 1 saturated heterocycles. The third-order valence-corrected chi connectivity index (χ3v) is 3.12. The van der Waals surface area contributed by atoms with Crippen LogP contribution in [-0.2, 0) is 0 Å². The van der Waals surface area contributed by atoms with Crippen LogP contribution >= 0.6 is 0 Å². The number of amides is 1. The minimum atomic E-state index is 0.00370. The third kappa shape index (κ3) is 1.85. The Hall–Kier alpha value is -1.29. The summed E-state index contributed by atoms with van der Waals surface area (Å²) in [5, 5.41) is 3.30. The fraction of sp³-hybridized carbons (Fsp3) is 0.583. The SMILES string of the molecule is Cc1ccoc1C(=O)N1C(C)CNCC1C. The molecule has 1 amide bonds. The molecule has 4 nitrogen and oxygen atoms in total. The molecule has 0 radical (unpaired) electrons. The topological polar surface area (TPSA) is 45.5 Å². The number of hydrogen-bond donors (Lipinski definition) is 1. The van der Waals surface area contributed by atoms with Gasteiger partial charge in [0.05, 0.1) is 6.26 Å². The average Bonchev–Trinajstić information content (AvgIpc) is 2.64. The van der Waals surface area contributed by atoms with Gasteiger partial charge in [0.25, 0.3) is 5.91 Å². The second-order valence-corrected chi connectivity index (χ2v) is 4.50. The number of furan rings is 1. The molecule has 0 saturated carbocycles. The summed E-state index contributed by atoms with van der Waals surface area (Å²) < 4.78 is 5.26. The summed E-state index contributed by atoms with van der Waals surface area (Å²) in [6.45, 7) is 7.69. The van der Waals surface area contributed by atoms with Crippen molar-refractivity contribution in [2.24, 2.45) is 0 Å². The quantitative estimate of drug-likeness (QED) is 0.781. The van der Waals surface area contributed by atoms with Crippen molar-refractivity contribution in [3.05, 3.63) is 23.7 Å². The van der Waals surface area contributed by atoms with Gasteiger partial charge in [-0.15, -0.1) is 0 Å². The predicted molar refractivity (Wildman–Crippen MR) is 61.4 cm³/mol. The Morgan fingerprint density at radius 2 is 2.06 bits per heavy atom. The Morgan fingerprint density at radius 1 is 1.44 bits per heavy atom. The highest BCUT2D eigenvalue weighted by molar-refractivity contribution is 5.93. The van der Waals surface area contributed by atoms with Crippen molar-refractivity contribution in [1.29, 1.82) is 0 Å². The molecule has 1 N–H and O–H groups in total. The van der Waals surface area contributed by atoms with Gasteiger partial charge in [0.1, 0.15) is 0 Å². The van der Waals surface area contributed by atoms with Crippen LogP contribution in [0.15, 0.2) is 16.7 Å². The Morgan fingerprint density at radius 3 is 2.56 bits per heavy atom. The van der Waals surface area contributed by atoms with Gasteiger partial charge < -0.3 is 14.6 Å². The molecule has 88 valence electrons. The molecule has 1 aliphatic rings. The zero-order chi connectivity index (χ0) is 11.7. The van der Waals surface area contributed by atoms with Crippen LogP contribution in [0.3, 0.4) is 0 Å². The molecule has 1 aromatic heterocycles. The number of nitrogens with one attached hydrogen (secondary N) is 1. The van der Waals surface area contributed by atoms with Gasteiger partial charge in [0.15, 0.2) is 5.76 Å². The van der Waals surface area contributed by atoms with E-state index in [0.29, 0.717) is 5.76 Å². The summed E-state index contributed by atoms with van der Waals surface area (Å²) >= 11 is 0. The highest BCUT2D eigenvalue weighted by Crippen LogP contribution is 2.18. The van der Waals surface area contributed by atoms with E-state index in [9.17, 15) is 4.79 Å². The second-order valence-electron chi connectivity index (χ2n) is 4.50. The Bertz CT molecular complexity index is 376. The molecule has 16 heavy (non-hydrogen) atoms. The highest BCUT2D eigenvalue weighted by atomic mass is 16.3. The van der Waals surface area contributed by atoms with Gasteiger partial charge in [-0.1, -0.05) is 0 Å². The van der Waals surface area contributed by atoms with E-state index in [2.05, 4.69) is 19.2 Å². The lowest BCUT2D eigenvalue weighted by Crippen LogP contribution is -2.57. The van der Waals surface area contributed by atoms with Gasteiger partial charge in [-0.05, 0) is 26.8 Å². The molecule has 0 bridgehead atoms. The molecule has 0 spiro atoms. The smallest absolute Gasteiger partial charge is 0.290 e. The first kappa shape index (κ1) is 11.2. The number of hydrogen-bond acceptors (Lipinski definition) is 3. The van der Waals surface area contributed by atoms with Gasteiger partial charge in [0, 0.05) is 30.7 Å². The molecular formula is C12H18N2O2. The van der Waals surface area contributed by atoms with E-state index in [1.807, 2.05) is 17.9 Å². The normalized spacial score (nSPS) is 25.8. The van der Waals surface area contributed by atoms with E-state index in [0.717, 1.165) is 18.7 Å². The van der Waals surface area contributed by atoms with E-state index in [1.54, 1.807) is 6.26 Å². The summed E-state index contributed by atoms with van der Waals surface area (Å²) in [5.74, 6) is 0.476. The lowest BCUT2D eigenvalue weighted by Gasteiger charge is -2.39. The minimum absolute atomic E-state index is 0.00370. The monoisotopic (exact) mass is 222 g/mol. The number of carbonyl (C=O) groups excluding carboxylic acids is 1. The summed E-state index contributed by atoms with van der Waals surface area (Å²) in [5.41, 5.74) is 0.905. The van der Waals surface area contributed by atoms with Gasteiger partial charge in [-0.25, -0.2) is 0 Å². The minimum Gasteiger partial charge on any atom is -0.459 e.